The Kier molecular flexibility index (Phi) is 9.34. The molecular weight excluding hydrogens is 470 g/mol. The van der Waals surface area contributed by atoms with Gasteiger partial charge in [0, 0.05) is 18.6 Å². The zero-order valence-electron chi connectivity index (χ0n) is 22.8. The van der Waals surface area contributed by atoms with E-state index in [1.165, 1.54) is 16.7 Å². The molecule has 4 aromatic carbocycles. The fraction of sp³-hybridized carbons (Fsp3) is 0.265. The van der Waals surface area contributed by atoms with Gasteiger partial charge in [-0.1, -0.05) is 84.9 Å². The standard InChI is InChI=1S/C34H37NO3/c1-5-38-34(36)23-33(30-20-19-25(2)32(22-30)29-17-12-18-31(21-29)37-4)35(24-27-13-8-6-9-14-27)26(3)28-15-10-7-11-16-28/h6-22,26,33H,5,23-24H2,1-4H3. The highest BCUT2D eigenvalue weighted by Crippen LogP contribution is 2.37. The Bertz CT molecular complexity index is 1320. The lowest BCUT2D eigenvalue weighted by molar-refractivity contribution is -0.145. The number of benzene rings is 4. The number of esters is 1. The summed E-state index contributed by atoms with van der Waals surface area (Å²) >= 11 is 0. The molecule has 0 radical (unpaired) electrons. The van der Waals surface area contributed by atoms with Crippen LogP contribution in [0.4, 0.5) is 0 Å². The highest BCUT2D eigenvalue weighted by molar-refractivity contribution is 5.72. The number of carbonyl (C=O) groups excluding carboxylic acids is 1. The minimum absolute atomic E-state index is 0.0670. The average Bonchev–Trinajstić information content (AvgIpc) is 2.96. The summed E-state index contributed by atoms with van der Waals surface area (Å²) < 4.78 is 11.0. The number of hydrogen-bond acceptors (Lipinski definition) is 4. The van der Waals surface area contributed by atoms with Crippen molar-refractivity contribution in [1.29, 1.82) is 0 Å². The molecule has 4 nitrogen and oxygen atoms in total. The van der Waals surface area contributed by atoms with Crippen LogP contribution in [-0.2, 0) is 16.1 Å². The summed E-state index contributed by atoms with van der Waals surface area (Å²) in [7, 11) is 1.68. The lowest BCUT2D eigenvalue weighted by Gasteiger charge is -2.37. The Hall–Kier alpha value is -3.89. The van der Waals surface area contributed by atoms with Gasteiger partial charge in [-0.25, -0.2) is 0 Å². The van der Waals surface area contributed by atoms with Gasteiger partial charge in [0.05, 0.1) is 20.1 Å². The van der Waals surface area contributed by atoms with Crippen molar-refractivity contribution in [3.8, 4) is 16.9 Å². The molecule has 0 spiro atoms. The van der Waals surface area contributed by atoms with Crippen molar-refractivity contribution in [1.82, 2.24) is 4.90 Å². The van der Waals surface area contributed by atoms with Gasteiger partial charge in [-0.2, -0.15) is 0 Å². The van der Waals surface area contributed by atoms with E-state index >= 15 is 0 Å². The van der Waals surface area contributed by atoms with Crippen LogP contribution in [0.3, 0.4) is 0 Å². The highest BCUT2D eigenvalue weighted by atomic mass is 16.5. The second-order valence-electron chi connectivity index (χ2n) is 9.58. The molecule has 0 N–H and O–H groups in total. The average molecular weight is 508 g/mol. The third kappa shape index (κ3) is 6.70. The van der Waals surface area contributed by atoms with Crippen molar-refractivity contribution < 1.29 is 14.3 Å². The molecule has 4 heteroatoms. The van der Waals surface area contributed by atoms with Crippen LogP contribution < -0.4 is 4.74 Å². The monoisotopic (exact) mass is 507 g/mol. The van der Waals surface area contributed by atoms with Crippen LogP contribution in [-0.4, -0.2) is 24.6 Å². The predicted molar refractivity (Wildman–Crippen MR) is 154 cm³/mol. The zero-order valence-corrected chi connectivity index (χ0v) is 22.8. The molecule has 38 heavy (non-hydrogen) atoms. The van der Waals surface area contributed by atoms with Crippen LogP contribution in [0.1, 0.15) is 54.6 Å². The number of nitrogens with zero attached hydrogens (tertiary/aromatic N) is 1. The van der Waals surface area contributed by atoms with Crippen molar-refractivity contribution in [3.63, 3.8) is 0 Å². The fourth-order valence-corrected chi connectivity index (χ4v) is 4.99. The minimum Gasteiger partial charge on any atom is -0.497 e. The Morgan fingerprint density at radius 1 is 0.842 bits per heavy atom. The number of hydrogen-bond donors (Lipinski definition) is 0. The third-order valence-corrected chi connectivity index (χ3v) is 7.08. The van der Waals surface area contributed by atoms with Gasteiger partial charge < -0.3 is 9.47 Å². The molecule has 0 aliphatic heterocycles. The summed E-state index contributed by atoms with van der Waals surface area (Å²) in [6, 6.07) is 35.5. The summed E-state index contributed by atoms with van der Waals surface area (Å²) in [5.74, 6) is 0.623. The van der Waals surface area contributed by atoms with Crippen LogP contribution in [0.2, 0.25) is 0 Å². The number of methoxy groups -OCH3 is 1. The molecule has 0 aromatic heterocycles. The van der Waals surface area contributed by atoms with E-state index in [0.717, 1.165) is 22.4 Å². The van der Waals surface area contributed by atoms with Crippen molar-refractivity contribution in [2.24, 2.45) is 0 Å². The second kappa shape index (κ2) is 13.1. The molecule has 196 valence electrons. The summed E-state index contributed by atoms with van der Waals surface area (Å²) in [4.78, 5) is 15.4. The first-order valence-electron chi connectivity index (χ1n) is 13.2. The van der Waals surface area contributed by atoms with Crippen molar-refractivity contribution in [2.45, 2.75) is 45.8 Å². The van der Waals surface area contributed by atoms with Gasteiger partial charge in [0.15, 0.2) is 0 Å². The first-order chi connectivity index (χ1) is 18.5. The van der Waals surface area contributed by atoms with Gasteiger partial charge in [0.25, 0.3) is 0 Å². The fourth-order valence-electron chi connectivity index (χ4n) is 4.99. The van der Waals surface area contributed by atoms with Crippen molar-refractivity contribution in [3.05, 3.63) is 125 Å². The zero-order chi connectivity index (χ0) is 26.9. The molecule has 0 saturated heterocycles. The van der Waals surface area contributed by atoms with Gasteiger partial charge in [-0.3, -0.25) is 9.69 Å². The molecule has 0 bridgehead atoms. The topological polar surface area (TPSA) is 38.8 Å². The molecule has 2 atom stereocenters. The summed E-state index contributed by atoms with van der Waals surface area (Å²) in [5, 5.41) is 0. The second-order valence-corrected chi connectivity index (χ2v) is 9.58. The normalized spacial score (nSPS) is 12.7. The molecule has 4 aromatic rings. The minimum atomic E-state index is -0.195. The largest absolute Gasteiger partial charge is 0.497 e. The first-order valence-corrected chi connectivity index (χ1v) is 13.2. The molecule has 0 fully saturated rings. The maximum atomic E-state index is 13.0. The van der Waals surface area contributed by atoms with Gasteiger partial charge >= 0.3 is 5.97 Å². The van der Waals surface area contributed by atoms with Crippen molar-refractivity contribution >= 4 is 5.97 Å². The third-order valence-electron chi connectivity index (χ3n) is 7.08. The van der Waals surface area contributed by atoms with Crippen LogP contribution in [0.15, 0.2) is 103 Å². The smallest absolute Gasteiger partial charge is 0.307 e. The van der Waals surface area contributed by atoms with E-state index in [1.54, 1.807) is 7.11 Å². The van der Waals surface area contributed by atoms with E-state index in [4.69, 9.17) is 9.47 Å². The molecule has 4 rings (SSSR count). The Morgan fingerprint density at radius 2 is 1.55 bits per heavy atom. The summed E-state index contributed by atoms with van der Waals surface area (Å²) in [6.07, 6.45) is 0.262. The van der Waals surface area contributed by atoms with Gasteiger partial charge in [-0.05, 0) is 72.4 Å². The Labute approximate surface area is 226 Å². The van der Waals surface area contributed by atoms with Gasteiger partial charge in [0.1, 0.15) is 5.75 Å². The van der Waals surface area contributed by atoms with E-state index in [2.05, 4.69) is 97.6 Å². The Morgan fingerprint density at radius 3 is 2.24 bits per heavy atom. The van der Waals surface area contributed by atoms with E-state index in [9.17, 15) is 4.79 Å². The molecule has 0 aliphatic rings. The van der Waals surface area contributed by atoms with Crippen LogP contribution in [0, 0.1) is 6.92 Å². The maximum absolute atomic E-state index is 13.0. The molecule has 2 unspecified atom stereocenters. The van der Waals surface area contributed by atoms with Crippen LogP contribution in [0.5, 0.6) is 5.75 Å². The summed E-state index contributed by atoms with van der Waals surface area (Å²) in [6.45, 7) is 7.25. The van der Waals surface area contributed by atoms with Crippen LogP contribution in [0.25, 0.3) is 11.1 Å². The predicted octanol–water partition coefficient (Wildman–Crippen LogP) is 7.93. The lowest BCUT2D eigenvalue weighted by Crippen LogP contribution is -2.33. The van der Waals surface area contributed by atoms with E-state index in [0.29, 0.717) is 13.2 Å². The lowest BCUT2D eigenvalue weighted by atomic mass is 9.92. The molecular formula is C34H37NO3. The van der Waals surface area contributed by atoms with E-state index in [-0.39, 0.29) is 24.5 Å². The molecule has 0 heterocycles. The SMILES string of the molecule is CCOC(=O)CC(c1ccc(C)c(-c2cccc(OC)c2)c1)N(Cc1ccccc1)C(C)c1ccccc1. The molecule has 0 aliphatic carbocycles. The van der Waals surface area contributed by atoms with Crippen molar-refractivity contribution in [2.75, 3.05) is 13.7 Å². The number of aryl methyl sites for hydroxylation is 1. The summed E-state index contributed by atoms with van der Waals surface area (Å²) in [5.41, 5.74) is 6.87. The number of rotatable bonds is 11. The van der Waals surface area contributed by atoms with Gasteiger partial charge in [-0.15, -0.1) is 0 Å². The molecule has 0 amide bonds. The van der Waals surface area contributed by atoms with E-state index < -0.39 is 0 Å². The van der Waals surface area contributed by atoms with Gasteiger partial charge in [0.2, 0.25) is 0 Å². The molecule has 0 saturated carbocycles. The van der Waals surface area contributed by atoms with E-state index in [1.807, 2.05) is 31.2 Å². The maximum Gasteiger partial charge on any atom is 0.307 e. The number of ether oxygens (including phenoxy) is 2. The first kappa shape index (κ1) is 27.2. The quantitative estimate of drug-likeness (QED) is 0.193. The number of carbonyl (C=O) groups is 1. The van der Waals surface area contributed by atoms with Crippen LogP contribution >= 0.6 is 0 Å². The Balaban J connectivity index is 1.82. The highest BCUT2D eigenvalue weighted by Gasteiger charge is 2.29.